The maximum absolute atomic E-state index is 13.1. The minimum atomic E-state index is -3.70. The summed E-state index contributed by atoms with van der Waals surface area (Å²) in [5, 5.41) is 8.29. The van der Waals surface area contributed by atoms with Crippen molar-refractivity contribution < 1.29 is 8.42 Å². The Morgan fingerprint density at radius 1 is 1.25 bits per heavy atom. The first kappa shape index (κ1) is 15.4. The zero-order chi connectivity index (χ0) is 17.1. The van der Waals surface area contributed by atoms with Crippen LogP contribution in [0.15, 0.2) is 29.2 Å². The number of fused-ring (bicyclic) bond motifs is 2. The zero-order valence-electron chi connectivity index (χ0n) is 13.2. The topological polar surface area (TPSA) is 79.0 Å². The van der Waals surface area contributed by atoms with Crippen molar-refractivity contribution in [2.45, 2.75) is 25.2 Å². The number of halogens is 1. The number of hydrogen-bond acceptors (Lipinski definition) is 4. The predicted octanol–water partition coefficient (Wildman–Crippen LogP) is 2.98. The number of nitrogens with one attached hydrogen (secondary N) is 1. The highest BCUT2D eigenvalue weighted by molar-refractivity contribution is 7.93. The van der Waals surface area contributed by atoms with Crippen LogP contribution < -0.4 is 4.31 Å². The van der Waals surface area contributed by atoms with Crippen LogP contribution in [0.5, 0.6) is 0 Å². The number of aromatic amines is 1. The molecule has 0 unspecified atom stereocenters. The Labute approximate surface area is 144 Å². The summed E-state index contributed by atoms with van der Waals surface area (Å²) >= 11 is 6.03. The molecule has 0 fully saturated rings. The predicted molar refractivity (Wildman–Crippen MR) is 93.1 cm³/mol. The fraction of sp³-hybridized carbons (Fsp3) is 0.250. The van der Waals surface area contributed by atoms with Crippen molar-refractivity contribution in [3.05, 3.63) is 46.2 Å². The molecule has 0 radical (unpaired) electrons. The largest absolute Gasteiger partial charge is 0.281 e. The molecule has 1 aliphatic heterocycles. The Morgan fingerprint density at radius 3 is 2.75 bits per heavy atom. The van der Waals surface area contributed by atoms with E-state index in [1.165, 1.54) is 4.31 Å². The molecule has 4 rings (SSSR count). The van der Waals surface area contributed by atoms with Gasteiger partial charge in [0.05, 0.1) is 16.9 Å². The third-order valence-electron chi connectivity index (χ3n) is 4.26. The highest BCUT2D eigenvalue weighted by Gasteiger charge is 2.35. The number of pyridine rings is 1. The van der Waals surface area contributed by atoms with E-state index in [0.717, 1.165) is 16.5 Å². The first-order chi connectivity index (χ1) is 11.4. The summed E-state index contributed by atoms with van der Waals surface area (Å²) in [6.45, 7) is 3.77. The maximum atomic E-state index is 13.1. The summed E-state index contributed by atoms with van der Waals surface area (Å²) < 4.78 is 27.6. The summed E-state index contributed by atoms with van der Waals surface area (Å²) in [5.74, 6) is 0.491. The molecule has 0 saturated carbocycles. The molecule has 0 bridgehead atoms. The highest BCUT2D eigenvalue weighted by atomic mass is 35.5. The third-order valence-corrected chi connectivity index (χ3v) is 6.55. The van der Waals surface area contributed by atoms with Gasteiger partial charge in [0.1, 0.15) is 10.7 Å². The van der Waals surface area contributed by atoms with Gasteiger partial charge in [0, 0.05) is 17.0 Å². The van der Waals surface area contributed by atoms with Gasteiger partial charge in [0.25, 0.3) is 10.0 Å². The lowest BCUT2D eigenvalue weighted by molar-refractivity contribution is 0.591. The molecule has 1 aliphatic rings. The second-order valence-electron chi connectivity index (χ2n) is 5.90. The Morgan fingerprint density at radius 2 is 2.04 bits per heavy atom. The first-order valence-electron chi connectivity index (χ1n) is 7.51. The zero-order valence-corrected chi connectivity index (χ0v) is 14.7. The van der Waals surface area contributed by atoms with Crippen LogP contribution in [0.1, 0.15) is 17.0 Å². The lowest BCUT2D eigenvalue weighted by Crippen LogP contribution is -2.30. The molecule has 24 heavy (non-hydrogen) atoms. The van der Waals surface area contributed by atoms with E-state index >= 15 is 0 Å². The molecular formula is C16H15ClN4O2S. The monoisotopic (exact) mass is 362 g/mol. The Hall–Kier alpha value is -2.12. The SMILES string of the molecule is Cc1n[nH]c(C)c1S(=O)(=O)N1CCc2cc3cc(Cl)ccc3nc21. The molecule has 2 aromatic heterocycles. The number of H-pyrrole nitrogens is 1. The number of rotatable bonds is 2. The van der Waals surface area contributed by atoms with Crippen molar-refractivity contribution in [3.63, 3.8) is 0 Å². The number of aryl methyl sites for hydroxylation is 2. The number of anilines is 1. The van der Waals surface area contributed by atoms with Gasteiger partial charge in [0.15, 0.2) is 0 Å². The minimum absolute atomic E-state index is 0.230. The van der Waals surface area contributed by atoms with Crippen molar-refractivity contribution in [1.29, 1.82) is 0 Å². The molecular weight excluding hydrogens is 348 g/mol. The van der Waals surface area contributed by atoms with Crippen LogP contribution in [0.25, 0.3) is 10.9 Å². The van der Waals surface area contributed by atoms with Gasteiger partial charge < -0.3 is 0 Å². The normalized spacial score (nSPS) is 14.4. The quantitative estimate of drug-likeness (QED) is 0.760. The van der Waals surface area contributed by atoms with Gasteiger partial charge in [-0.15, -0.1) is 0 Å². The van der Waals surface area contributed by atoms with Crippen molar-refractivity contribution in [3.8, 4) is 0 Å². The summed E-state index contributed by atoms with van der Waals surface area (Å²) in [7, 11) is -3.70. The molecule has 0 amide bonds. The summed E-state index contributed by atoms with van der Waals surface area (Å²) in [5.41, 5.74) is 2.63. The molecule has 1 aromatic carbocycles. The van der Waals surface area contributed by atoms with Crippen LogP contribution in [0, 0.1) is 13.8 Å². The fourth-order valence-electron chi connectivity index (χ4n) is 3.17. The lowest BCUT2D eigenvalue weighted by atomic mass is 10.1. The molecule has 8 heteroatoms. The van der Waals surface area contributed by atoms with Crippen LogP contribution in [0.4, 0.5) is 5.82 Å². The number of benzene rings is 1. The van der Waals surface area contributed by atoms with E-state index in [9.17, 15) is 8.42 Å². The molecule has 124 valence electrons. The van der Waals surface area contributed by atoms with Gasteiger partial charge in [-0.1, -0.05) is 11.6 Å². The van der Waals surface area contributed by atoms with E-state index in [0.29, 0.717) is 35.2 Å². The van der Waals surface area contributed by atoms with Crippen LogP contribution in [0.2, 0.25) is 5.02 Å². The summed E-state index contributed by atoms with van der Waals surface area (Å²) in [6.07, 6.45) is 0.625. The molecule has 3 aromatic rings. The van der Waals surface area contributed by atoms with E-state index in [4.69, 9.17) is 11.6 Å². The first-order valence-corrected chi connectivity index (χ1v) is 9.33. The van der Waals surface area contributed by atoms with Gasteiger partial charge >= 0.3 is 0 Å². The molecule has 3 heterocycles. The lowest BCUT2D eigenvalue weighted by Gasteiger charge is -2.19. The van der Waals surface area contributed by atoms with Crippen molar-refractivity contribution >= 4 is 38.3 Å². The van der Waals surface area contributed by atoms with Gasteiger partial charge in [-0.3, -0.25) is 5.10 Å². The Balaban J connectivity index is 1.88. The van der Waals surface area contributed by atoms with Gasteiger partial charge in [-0.05, 0) is 50.1 Å². The van der Waals surface area contributed by atoms with Crippen molar-refractivity contribution in [2.75, 3.05) is 10.8 Å². The van der Waals surface area contributed by atoms with Crippen LogP contribution in [-0.2, 0) is 16.4 Å². The smallest absolute Gasteiger partial charge is 0.269 e. The maximum Gasteiger partial charge on any atom is 0.269 e. The van der Waals surface area contributed by atoms with E-state index in [2.05, 4.69) is 15.2 Å². The van der Waals surface area contributed by atoms with Crippen molar-refractivity contribution in [1.82, 2.24) is 15.2 Å². The van der Waals surface area contributed by atoms with Gasteiger partial charge in [-0.25, -0.2) is 17.7 Å². The van der Waals surface area contributed by atoms with E-state index < -0.39 is 10.0 Å². The molecule has 0 spiro atoms. The summed E-state index contributed by atoms with van der Waals surface area (Å²) in [4.78, 5) is 4.80. The average molecular weight is 363 g/mol. The summed E-state index contributed by atoms with van der Waals surface area (Å²) in [6, 6.07) is 7.36. The molecule has 6 nitrogen and oxygen atoms in total. The standard InChI is InChI=1S/C16H15ClN4O2S/c1-9-15(10(2)20-19-9)24(22,23)21-6-5-11-7-12-8-13(17)3-4-14(12)18-16(11)21/h3-4,7-8H,5-6H2,1-2H3,(H,19,20). The number of hydrogen-bond donors (Lipinski definition) is 1. The second-order valence-corrected chi connectivity index (χ2v) is 8.13. The highest BCUT2D eigenvalue weighted by Crippen LogP contribution is 2.35. The number of sulfonamides is 1. The van der Waals surface area contributed by atoms with E-state index in [1.54, 1.807) is 26.0 Å². The fourth-order valence-corrected chi connectivity index (χ4v) is 5.14. The van der Waals surface area contributed by atoms with Crippen LogP contribution in [0.3, 0.4) is 0 Å². The molecule has 0 atom stereocenters. The van der Waals surface area contributed by atoms with E-state index in [-0.39, 0.29) is 4.90 Å². The molecule has 1 N–H and O–H groups in total. The number of nitrogens with zero attached hydrogens (tertiary/aromatic N) is 3. The average Bonchev–Trinajstić information content (AvgIpc) is 3.08. The Bertz CT molecular complexity index is 1060. The van der Waals surface area contributed by atoms with Gasteiger partial charge in [-0.2, -0.15) is 5.10 Å². The van der Waals surface area contributed by atoms with Gasteiger partial charge in [0.2, 0.25) is 0 Å². The van der Waals surface area contributed by atoms with Crippen LogP contribution in [-0.4, -0.2) is 30.1 Å². The van der Waals surface area contributed by atoms with Crippen molar-refractivity contribution in [2.24, 2.45) is 0 Å². The second kappa shape index (κ2) is 5.19. The minimum Gasteiger partial charge on any atom is -0.281 e. The third kappa shape index (κ3) is 2.19. The van der Waals surface area contributed by atoms with E-state index in [1.807, 2.05) is 12.1 Å². The number of aromatic nitrogens is 3. The molecule has 0 saturated heterocycles. The van der Waals surface area contributed by atoms with Crippen LogP contribution >= 0.6 is 11.6 Å². The Kier molecular flexibility index (Phi) is 3.33. The molecule has 0 aliphatic carbocycles.